The number of unbranched alkanes of at least 4 members (excludes halogenated alkanes) is 7. The van der Waals surface area contributed by atoms with Crippen LogP contribution in [-0.4, -0.2) is 24.8 Å². The third kappa shape index (κ3) is 8.38. The van der Waals surface area contributed by atoms with Crippen molar-refractivity contribution in [2.45, 2.75) is 63.7 Å². The molecule has 4 heteroatoms. The summed E-state index contributed by atoms with van der Waals surface area (Å²) in [5, 5.41) is 9.40. The largest absolute Gasteiger partial charge is 0.469 e. The van der Waals surface area contributed by atoms with Crippen molar-refractivity contribution in [1.29, 1.82) is 0 Å². The van der Waals surface area contributed by atoms with Gasteiger partial charge in [-0.2, -0.15) is 0 Å². The van der Waals surface area contributed by atoms with Crippen LogP contribution < -0.4 is 0 Å². The lowest BCUT2D eigenvalue weighted by atomic mass is 9.93. The molecule has 1 atom stereocenters. The summed E-state index contributed by atoms with van der Waals surface area (Å²) in [4.78, 5) is 12.0. The zero-order chi connectivity index (χ0) is 16.9. The maximum Gasteiger partial charge on any atom is 0.313 e. The first-order chi connectivity index (χ1) is 11.2. The topological polar surface area (TPSA) is 46.5 Å². The number of methoxy groups -OCH3 is 1. The maximum absolute atomic E-state index is 12.0. The molecule has 1 aromatic rings. The Morgan fingerprint density at radius 1 is 1.00 bits per heavy atom. The van der Waals surface area contributed by atoms with Gasteiger partial charge in [-0.15, -0.1) is 0 Å². The van der Waals surface area contributed by atoms with Gasteiger partial charge in [0.15, 0.2) is 0 Å². The average Bonchev–Trinajstić information content (AvgIpc) is 2.57. The molecule has 0 aromatic heterocycles. The number of esters is 1. The van der Waals surface area contributed by atoms with Crippen LogP contribution in [0.4, 0.5) is 0 Å². The number of aliphatic hydroxyl groups is 1. The average molecular weight is 341 g/mol. The summed E-state index contributed by atoms with van der Waals surface area (Å²) in [5.74, 6) is -0.363. The van der Waals surface area contributed by atoms with Crippen LogP contribution in [0.25, 0.3) is 0 Å². The maximum atomic E-state index is 12.0. The minimum absolute atomic E-state index is 0.170. The zero-order valence-corrected chi connectivity index (χ0v) is 14.9. The molecule has 0 spiro atoms. The van der Waals surface area contributed by atoms with Gasteiger partial charge >= 0.3 is 5.97 Å². The number of ether oxygens (including phenoxy) is 1. The lowest BCUT2D eigenvalue weighted by Gasteiger charge is -2.15. The van der Waals surface area contributed by atoms with E-state index in [1.165, 1.54) is 32.8 Å². The summed E-state index contributed by atoms with van der Waals surface area (Å²) in [7, 11) is 1.44. The lowest BCUT2D eigenvalue weighted by Crippen LogP contribution is -2.14. The van der Waals surface area contributed by atoms with E-state index in [1.807, 2.05) is 24.3 Å². The van der Waals surface area contributed by atoms with Crippen molar-refractivity contribution >= 4 is 17.6 Å². The van der Waals surface area contributed by atoms with Gasteiger partial charge in [-0.05, 0) is 30.5 Å². The fourth-order valence-corrected chi connectivity index (χ4v) is 2.90. The molecule has 0 saturated heterocycles. The highest BCUT2D eigenvalue weighted by Gasteiger charge is 2.20. The van der Waals surface area contributed by atoms with Crippen molar-refractivity contribution in [3.63, 3.8) is 0 Å². The van der Waals surface area contributed by atoms with Gasteiger partial charge in [0.2, 0.25) is 0 Å². The van der Waals surface area contributed by atoms with Crippen LogP contribution in [0.5, 0.6) is 0 Å². The Morgan fingerprint density at radius 3 is 2.04 bits per heavy atom. The summed E-state index contributed by atoms with van der Waals surface area (Å²) >= 11 is 5.91. The smallest absolute Gasteiger partial charge is 0.313 e. The molecule has 0 radical (unpaired) electrons. The highest BCUT2D eigenvalue weighted by atomic mass is 35.5. The molecule has 0 aliphatic carbocycles. The Bertz CT molecular complexity index is 431. The highest BCUT2D eigenvalue weighted by molar-refractivity contribution is 6.30. The summed E-state index contributed by atoms with van der Waals surface area (Å²) < 4.78 is 4.94. The van der Waals surface area contributed by atoms with Crippen molar-refractivity contribution in [2.24, 2.45) is 0 Å². The van der Waals surface area contributed by atoms with E-state index in [0.717, 1.165) is 37.7 Å². The number of benzene rings is 1. The van der Waals surface area contributed by atoms with Crippen LogP contribution in [0.2, 0.25) is 5.02 Å². The molecule has 1 unspecified atom stereocenters. The van der Waals surface area contributed by atoms with E-state index in [2.05, 4.69) is 0 Å². The predicted molar refractivity (Wildman–Crippen MR) is 94.8 cm³/mol. The van der Waals surface area contributed by atoms with Crippen molar-refractivity contribution in [2.75, 3.05) is 13.7 Å². The first-order valence-corrected chi connectivity index (χ1v) is 9.01. The van der Waals surface area contributed by atoms with Crippen LogP contribution in [0, 0.1) is 0 Å². The van der Waals surface area contributed by atoms with Crippen molar-refractivity contribution in [3.8, 4) is 0 Å². The van der Waals surface area contributed by atoms with E-state index < -0.39 is 0 Å². The summed E-state index contributed by atoms with van der Waals surface area (Å²) in [6.07, 6.45) is 9.90. The Hall–Kier alpha value is -1.06. The fourth-order valence-electron chi connectivity index (χ4n) is 2.78. The van der Waals surface area contributed by atoms with Crippen molar-refractivity contribution < 1.29 is 14.6 Å². The third-order valence-corrected chi connectivity index (χ3v) is 4.41. The number of carbonyl (C=O) groups is 1. The fraction of sp³-hybridized carbons (Fsp3) is 0.632. The van der Waals surface area contributed by atoms with Gasteiger partial charge in [-0.25, -0.2) is 0 Å². The Morgan fingerprint density at radius 2 is 1.52 bits per heavy atom. The summed E-state index contributed by atoms with van der Waals surface area (Å²) in [6.45, 7) is 0.305. The molecule has 0 bridgehead atoms. The lowest BCUT2D eigenvalue weighted by molar-refractivity contribution is -0.142. The van der Waals surface area contributed by atoms with E-state index in [4.69, 9.17) is 21.4 Å². The second kappa shape index (κ2) is 12.4. The Labute approximate surface area is 145 Å². The zero-order valence-electron chi connectivity index (χ0n) is 14.1. The van der Waals surface area contributed by atoms with Crippen LogP contribution in [0.15, 0.2) is 24.3 Å². The number of hydrogen-bond acceptors (Lipinski definition) is 3. The van der Waals surface area contributed by atoms with Gasteiger partial charge in [0.05, 0.1) is 13.0 Å². The number of aliphatic hydroxyl groups excluding tert-OH is 1. The molecule has 0 heterocycles. The van der Waals surface area contributed by atoms with Gasteiger partial charge in [0.25, 0.3) is 0 Å². The van der Waals surface area contributed by atoms with Gasteiger partial charge in [-0.1, -0.05) is 68.7 Å². The molecule has 3 nitrogen and oxygen atoms in total. The van der Waals surface area contributed by atoms with Crippen LogP contribution in [0.3, 0.4) is 0 Å². The Kier molecular flexibility index (Phi) is 10.8. The standard InChI is InChI=1S/C19H29ClO3/c1-23-19(22)18(16-11-13-17(20)14-12-16)10-8-6-4-2-3-5-7-9-15-21/h11-14,18,21H,2-10,15H2,1H3. The van der Waals surface area contributed by atoms with Crippen molar-refractivity contribution in [3.05, 3.63) is 34.9 Å². The Balaban J connectivity index is 2.27. The second-order valence-electron chi connectivity index (χ2n) is 5.97. The van der Waals surface area contributed by atoms with Gasteiger partial charge < -0.3 is 9.84 Å². The number of hydrogen-bond donors (Lipinski definition) is 1. The molecular weight excluding hydrogens is 312 g/mol. The number of halogens is 1. The van der Waals surface area contributed by atoms with Gasteiger partial charge in [0.1, 0.15) is 0 Å². The van der Waals surface area contributed by atoms with Gasteiger partial charge in [0, 0.05) is 11.6 Å². The first-order valence-electron chi connectivity index (χ1n) is 8.63. The second-order valence-corrected chi connectivity index (χ2v) is 6.40. The molecule has 0 fully saturated rings. The predicted octanol–water partition coefficient (Wildman–Crippen LogP) is 5.10. The van der Waals surface area contributed by atoms with E-state index in [-0.39, 0.29) is 11.9 Å². The van der Waals surface area contributed by atoms with Crippen LogP contribution in [0.1, 0.15) is 69.3 Å². The van der Waals surface area contributed by atoms with Crippen LogP contribution >= 0.6 is 11.6 Å². The highest BCUT2D eigenvalue weighted by Crippen LogP contribution is 2.25. The molecule has 130 valence electrons. The van der Waals surface area contributed by atoms with Gasteiger partial charge in [-0.3, -0.25) is 4.79 Å². The van der Waals surface area contributed by atoms with E-state index >= 15 is 0 Å². The van der Waals surface area contributed by atoms with Crippen LogP contribution in [-0.2, 0) is 9.53 Å². The van der Waals surface area contributed by atoms with E-state index in [1.54, 1.807) is 0 Å². The molecular formula is C19H29ClO3. The molecule has 0 saturated carbocycles. The SMILES string of the molecule is COC(=O)C(CCCCCCCCCCO)c1ccc(Cl)cc1. The normalized spacial score (nSPS) is 12.1. The summed E-state index contributed by atoms with van der Waals surface area (Å²) in [5.41, 5.74) is 0.977. The summed E-state index contributed by atoms with van der Waals surface area (Å²) in [6, 6.07) is 7.45. The molecule has 0 aliphatic heterocycles. The minimum Gasteiger partial charge on any atom is -0.469 e. The number of carbonyl (C=O) groups excluding carboxylic acids is 1. The quantitative estimate of drug-likeness (QED) is 0.425. The molecule has 1 aromatic carbocycles. The molecule has 23 heavy (non-hydrogen) atoms. The van der Waals surface area contributed by atoms with Crippen molar-refractivity contribution in [1.82, 2.24) is 0 Å². The monoisotopic (exact) mass is 340 g/mol. The number of rotatable bonds is 12. The minimum atomic E-state index is -0.193. The van der Waals surface area contributed by atoms with E-state index in [0.29, 0.717) is 11.6 Å². The first kappa shape index (κ1) is 20.0. The third-order valence-electron chi connectivity index (χ3n) is 4.16. The molecule has 1 N–H and O–H groups in total. The molecule has 0 amide bonds. The molecule has 1 rings (SSSR count). The molecule has 0 aliphatic rings. The van der Waals surface area contributed by atoms with E-state index in [9.17, 15) is 4.79 Å².